The predicted octanol–water partition coefficient (Wildman–Crippen LogP) is 3.42. The average molecular weight is 278 g/mol. The minimum absolute atomic E-state index is 0.0404. The molecule has 0 bridgehead atoms. The first kappa shape index (κ1) is 13.4. The Morgan fingerprint density at radius 1 is 1.10 bits per heavy atom. The Morgan fingerprint density at radius 3 is 2.62 bits per heavy atom. The van der Waals surface area contributed by atoms with Gasteiger partial charge in [-0.05, 0) is 36.8 Å². The molecule has 0 aliphatic rings. The summed E-state index contributed by atoms with van der Waals surface area (Å²) < 4.78 is 2.04. The van der Waals surface area contributed by atoms with E-state index < -0.39 is 0 Å². The fourth-order valence-corrected chi connectivity index (χ4v) is 2.41. The van der Waals surface area contributed by atoms with Crippen LogP contribution in [-0.4, -0.2) is 10.5 Å². The van der Waals surface area contributed by atoms with Gasteiger partial charge in [-0.15, -0.1) is 0 Å². The molecule has 21 heavy (non-hydrogen) atoms. The van der Waals surface area contributed by atoms with Crippen LogP contribution in [0.2, 0.25) is 0 Å². The van der Waals surface area contributed by atoms with Gasteiger partial charge in [-0.3, -0.25) is 4.79 Å². The van der Waals surface area contributed by atoms with Gasteiger partial charge in [0.05, 0.1) is 0 Å². The number of aryl methyl sites for hydroxylation is 2. The third-order valence-corrected chi connectivity index (χ3v) is 3.72. The number of nitrogens with one attached hydrogen (secondary N) is 1. The highest BCUT2D eigenvalue weighted by Gasteiger charge is 2.07. The molecule has 2 aromatic carbocycles. The van der Waals surface area contributed by atoms with Gasteiger partial charge in [0.2, 0.25) is 0 Å². The number of carbonyl (C=O) groups excluding carboxylic acids is 1. The van der Waals surface area contributed by atoms with Gasteiger partial charge in [-0.2, -0.15) is 0 Å². The molecule has 0 saturated carbocycles. The molecule has 3 rings (SSSR count). The van der Waals surface area contributed by atoms with Crippen molar-refractivity contribution in [3.8, 4) is 0 Å². The average Bonchev–Trinajstić information content (AvgIpc) is 2.87. The molecule has 1 N–H and O–H groups in total. The summed E-state index contributed by atoms with van der Waals surface area (Å²) >= 11 is 0. The van der Waals surface area contributed by atoms with Crippen LogP contribution < -0.4 is 5.32 Å². The van der Waals surface area contributed by atoms with Gasteiger partial charge >= 0.3 is 0 Å². The lowest BCUT2D eigenvalue weighted by Crippen LogP contribution is -2.22. The smallest absolute Gasteiger partial charge is 0.251 e. The van der Waals surface area contributed by atoms with E-state index in [9.17, 15) is 4.79 Å². The zero-order valence-corrected chi connectivity index (χ0v) is 12.3. The van der Waals surface area contributed by atoms with E-state index in [2.05, 4.69) is 24.4 Å². The van der Waals surface area contributed by atoms with Gasteiger partial charge in [0.15, 0.2) is 0 Å². The number of benzene rings is 2. The Hall–Kier alpha value is -2.55. The quantitative estimate of drug-likeness (QED) is 0.782. The van der Waals surface area contributed by atoms with Gasteiger partial charge in [0.25, 0.3) is 5.91 Å². The van der Waals surface area contributed by atoms with Crippen LogP contribution in [0, 0.1) is 6.92 Å². The fourth-order valence-electron chi connectivity index (χ4n) is 2.41. The minimum atomic E-state index is -0.0404. The molecular formula is C18H18N2O. The van der Waals surface area contributed by atoms with Crippen molar-refractivity contribution in [1.29, 1.82) is 0 Å². The van der Waals surface area contributed by atoms with Crippen molar-refractivity contribution in [2.75, 3.05) is 0 Å². The van der Waals surface area contributed by atoms with E-state index >= 15 is 0 Å². The zero-order valence-electron chi connectivity index (χ0n) is 12.3. The van der Waals surface area contributed by atoms with Crippen LogP contribution in [0.4, 0.5) is 0 Å². The van der Waals surface area contributed by atoms with E-state index in [1.807, 2.05) is 54.2 Å². The predicted molar refractivity (Wildman–Crippen MR) is 85.3 cm³/mol. The summed E-state index contributed by atoms with van der Waals surface area (Å²) in [5.74, 6) is -0.0404. The first-order chi connectivity index (χ1) is 10.1. The van der Waals surface area contributed by atoms with Crippen LogP contribution in [0.25, 0.3) is 10.9 Å². The highest BCUT2D eigenvalue weighted by molar-refractivity contribution is 5.98. The maximum Gasteiger partial charge on any atom is 0.251 e. The lowest BCUT2D eigenvalue weighted by Gasteiger charge is -2.06. The van der Waals surface area contributed by atoms with Gasteiger partial charge in [0.1, 0.15) is 0 Å². The third kappa shape index (κ3) is 2.82. The number of hydrogen-bond donors (Lipinski definition) is 1. The zero-order chi connectivity index (χ0) is 14.8. The van der Waals surface area contributed by atoms with E-state index in [0.29, 0.717) is 12.1 Å². The third-order valence-electron chi connectivity index (χ3n) is 3.72. The molecule has 3 aromatic rings. The molecule has 106 valence electrons. The first-order valence-corrected chi connectivity index (χ1v) is 7.02. The van der Waals surface area contributed by atoms with Crippen molar-refractivity contribution in [2.24, 2.45) is 7.05 Å². The van der Waals surface area contributed by atoms with Crippen LogP contribution in [-0.2, 0) is 13.6 Å². The number of rotatable bonds is 3. The summed E-state index contributed by atoms with van der Waals surface area (Å²) in [6.45, 7) is 2.60. The number of amides is 1. The van der Waals surface area contributed by atoms with E-state index in [-0.39, 0.29) is 5.91 Å². The Bertz CT molecular complexity index is 785. The van der Waals surface area contributed by atoms with E-state index in [0.717, 1.165) is 16.5 Å². The van der Waals surface area contributed by atoms with Gasteiger partial charge in [0, 0.05) is 36.3 Å². The summed E-state index contributed by atoms with van der Waals surface area (Å²) in [7, 11) is 2.00. The number of carbonyl (C=O) groups is 1. The maximum absolute atomic E-state index is 12.2. The van der Waals surface area contributed by atoms with Crippen molar-refractivity contribution in [3.63, 3.8) is 0 Å². The fraction of sp³-hybridized carbons (Fsp3) is 0.167. The summed E-state index contributed by atoms with van der Waals surface area (Å²) in [6.07, 6.45) is 2.00. The molecule has 1 aromatic heterocycles. The molecule has 0 aliphatic heterocycles. The molecule has 1 amide bonds. The van der Waals surface area contributed by atoms with Crippen LogP contribution in [0.5, 0.6) is 0 Å². The van der Waals surface area contributed by atoms with Gasteiger partial charge < -0.3 is 9.88 Å². The Morgan fingerprint density at radius 2 is 1.86 bits per heavy atom. The molecule has 0 spiro atoms. The standard InChI is InChI=1S/C18H18N2O/c1-13-3-5-14(6-4-13)12-19-18(21)16-7-8-17-15(11-16)9-10-20(17)2/h3-11H,12H2,1-2H3,(H,19,21). The molecule has 0 saturated heterocycles. The molecule has 0 radical (unpaired) electrons. The van der Waals surface area contributed by atoms with Crippen LogP contribution >= 0.6 is 0 Å². The normalized spacial score (nSPS) is 10.8. The maximum atomic E-state index is 12.2. The summed E-state index contributed by atoms with van der Waals surface area (Å²) in [4.78, 5) is 12.2. The molecule has 3 nitrogen and oxygen atoms in total. The van der Waals surface area contributed by atoms with Gasteiger partial charge in [-0.1, -0.05) is 29.8 Å². The summed E-state index contributed by atoms with van der Waals surface area (Å²) in [5.41, 5.74) is 4.15. The number of nitrogens with zero attached hydrogens (tertiary/aromatic N) is 1. The second-order valence-corrected chi connectivity index (χ2v) is 5.37. The monoisotopic (exact) mass is 278 g/mol. The van der Waals surface area contributed by atoms with E-state index in [1.54, 1.807) is 0 Å². The highest BCUT2D eigenvalue weighted by atomic mass is 16.1. The van der Waals surface area contributed by atoms with Gasteiger partial charge in [-0.25, -0.2) is 0 Å². The minimum Gasteiger partial charge on any atom is -0.351 e. The van der Waals surface area contributed by atoms with E-state index in [1.165, 1.54) is 5.56 Å². The number of fused-ring (bicyclic) bond motifs is 1. The SMILES string of the molecule is Cc1ccc(CNC(=O)c2ccc3c(ccn3C)c2)cc1. The molecule has 0 atom stereocenters. The molecule has 3 heteroatoms. The van der Waals surface area contributed by atoms with Crippen LogP contribution in [0.3, 0.4) is 0 Å². The first-order valence-electron chi connectivity index (χ1n) is 7.02. The second kappa shape index (κ2) is 5.44. The van der Waals surface area contributed by atoms with Crippen molar-refractivity contribution >= 4 is 16.8 Å². The number of aromatic nitrogens is 1. The van der Waals surface area contributed by atoms with Crippen molar-refractivity contribution in [3.05, 3.63) is 71.4 Å². The Labute approximate surface area is 124 Å². The largest absolute Gasteiger partial charge is 0.351 e. The number of hydrogen-bond acceptors (Lipinski definition) is 1. The van der Waals surface area contributed by atoms with E-state index in [4.69, 9.17) is 0 Å². The highest BCUT2D eigenvalue weighted by Crippen LogP contribution is 2.16. The lowest BCUT2D eigenvalue weighted by molar-refractivity contribution is 0.0951. The van der Waals surface area contributed by atoms with Crippen LogP contribution in [0.15, 0.2) is 54.7 Å². The van der Waals surface area contributed by atoms with Crippen molar-refractivity contribution in [2.45, 2.75) is 13.5 Å². The molecule has 1 heterocycles. The molecular weight excluding hydrogens is 260 g/mol. The molecule has 0 fully saturated rings. The second-order valence-electron chi connectivity index (χ2n) is 5.37. The molecule has 0 unspecified atom stereocenters. The Balaban J connectivity index is 1.73. The summed E-state index contributed by atoms with van der Waals surface area (Å²) in [5, 5.41) is 4.04. The van der Waals surface area contributed by atoms with Crippen molar-refractivity contribution < 1.29 is 4.79 Å². The van der Waals surface area contributed by atoms with Crippen LogP contribution in [0.1, 0.15) is 21.5 Å². The van der Waals surface area contributed by atoms with Crippen molar-refractivity contribution in [1.82, 2.24) is 9.88 Å². The Kier molecular flexibility index (Phi) is 3.48. The summed E-state index contributed by atoms with van der Waals surface area (Å²) in [6, 6.07) is 16.0. The lowest BCUT2D eigenvalue weighted by atomic mass is 10.1. The molecule has 0 aliphatic carbocycles. The topological polar surface area (TPSA) is 34.0 Å².